The predicted molar refractivity (Wildman–Crippen MR) is 71.8 cm³/mol. The summed E-state index contributed by atoms with van der Waals surface area (Å²) in [6, 6.07) is 10.5. The van der Waals surface area contributed by atoms with Crippen LogP contribution in [-0.4, -0.2) is 6.10 Å². The zero-order chi connectivity index (χ0) is 13.8. The van der Waals surface area contributed by atoms with Gasteiger partial charge in [-0.1, -0.05) is 0 Å². The van der Waals surface area contributed by atoms with Crippen molar-refractivity contribution >= 4 is 11.4 Å². The highest BCUT2D eigenvalue weighted by atomic mass is 19.1. The second-order valence-corrected chi connectivity index (χ2v) is 4.47. The van der Waals surface area contributed by atoms with E-state index in [2.05, 4.69) is 5.32 Å². The van der Waals surface area contributed by atoms with Gasteiger partial charge < -0.3 is 10.1 Å². The van der Waals surface area contributed by atoms with Crippen LogP contribution in [0.1, 0.15) is 13.8 Å². The lowest BCUT2D eigenvalue weighted by molar-refractivity contribution is 0.242. The molecule has 4 heteroatoms. The van der Waals surface area contributed by atoms with Crippen molar-refractivity contribution in [3.05, 3.63) is 54.1 Å². The summed E-state index contributed by atoms with van der Waals surface area (Å²) in [5.74, 6) is -0.463. The molecule has 0 saturated carbocycles. The second kappa shape index (κ2) is 5.69. The van der Waals surface area contributed by atoms with Gasteiger partial charge in [0.1, 0.15) is 17.4 Å². The Morgan fingerprint density at radius 3 is 2.00 bits per heavy atom. The van der Waals surface area contributed by atoms with Crippen LogP contribution in [0.5, 0.6) is 5.75 Å². The highest BCUT2D eigenvalue weighted by molar-refractivity contribution is 5.60. The molecule has 2 nitrogen and oxygen atoms in total. The molecule has 0 aliphatic heterocycles. The third-order valence-electron chi connectivity index (χ3n) is 2.38. The van der Waals surface area contributed by atoms with Crippen molar-refractivity contribution in [3.8, 4) is 5.75 Å². The van der Waals surface area contributed by atoms with Gasteiger partial charge in [0.2, 0.25) is 0 Å². The summed E-state index contributed by atoms with van der Waals surface area (Å²) in [6.07, 6.45) is 0.108. The van der Waals surface area contributed by atoms with Gasteiger partial charge in [-0.3, -0.25) is 0 Å². The normalized spacial score (nSPS) is 10.6. The zero-order valence-electron chi connectivity index (χ0n) is 10.8. The zero-order valence-corrected chi connectivity index (χ0v) is 10.8. The number of hydrogen-bond acceptors (Lipinski definition) is 2. The molecule has 0 heterocycles. The topological polar surface area (TPSA) is 21.3 Å². The molecule has 1 N–H and O–H groups in total. The maximum Gasteiger partial charge on any atom is 0.128 e. The Morgan fingerprint density at radius 2 is 1.47 bits per heavy atom. The molecule has 19 heavy (non-hydrogen) atoms. The van der Waals surface area contributed by atoms with Crippen molar-refractivity contribution in [2.75, 3.05) is 5.32 Å². The number of halogens is 2. The maximum absolute atomic E-state index is 13.0. The first kappa shape index (κ1) is 13.3. The lowest BCUT2D eigenvalue weighted by atomic mass is 10.2. The van der Waals surface area contributed by atoms with Crippen molar-refractivity contribution in [1.29, 1.82) is 0 Å². The van der Waals surface area contributed by atoms with E-state index < -0.39 is 11.6 Å². The van der Waals surface area contributed by atoms with Crippen molar-refractivity contribution in [2.24, 2.45) is 0 Å². The molecule has 0 aromatic heterocycles. The lowest BCUT2D eigenvalue weighted by Gasteiger charge is -2.11. The van der Waals surface area contributed by atoms with E-state index in [1.54, 1.807) is 24.3 Å². The van der Waals surface area contributed by atoms with Gasteiger partial charge in [-0.2, -0.15) is 0 Å². The third kappa shape index (κ3) is 3.95. The quantitative estimate of drug-likeness (QED) is 0.877. The summed E-state index contributed by atoms with van der Waals surface area (Å²) in [5, 5.41) is 2.93. The molecule has 2 aromatic carbocycles. The van der Waals surface area contributed by atoms with Crippen molar-refractivity contribution < 1.29 is 13.5 Å². The fourth-order valence-electron chi connectivity index (χ4n) is 1.68. The van der Waals surface area contributed by atoms with Crippen molar-refractivity contribution in [1.82, 2.24) is 0 Å². The van der Waals surface area contributed by atoms with E-state index in [0.29, 0.717) is 5.69 Å². The van der Waals surface area contributed by atoms with Crippen molar-refractivity contribution in [3.63, 3.8) is 0 Å². The van der Waals surface area contributed by atoms with Crippen LogP contribution in [-0.2, 0) is 0 Å². The van der Waals surface area contributed by atoms with Crippen LogP contribution in [0.25, 0.3) is 0 Å². The molecule has 2 rings (SSSR count). The molecule has 0 aliphatic carbocycles. The fourth-order valence-corrected chi connectivity index (χ4v) is 1.68. The first-order valence-corrected chi connectivity index (χ1v) is 6.03. The van der Waals surface area contributed by atoms with E-state index in [0.717, 1.165) is 17.5 Å². The van der Waals surface area contributed by atoms with Crippen LogP contribution in [0, 0.1) is 11.6 Å². The van der Waals surface area contributed by atoms with Crippen LogP contribution >= 0.6 is 0 Å². The number of anilines is 2. The van der Waals surface area contributed by atoms with Gasteiger partial charge in [-0.15, -0.1) is 0 Å². The molecule has 0 fully saturated rings. The van der Waals surface area contributed by atoms with E-state index in [9.17, 15) is 8.78 Å². The van der Waals surface area contributed by atoms with E-state index in [4.69, 9.17) is 4.74 Å². The highest BCUT2D eigenvalue weighted by Crippen LogP contribution is 2.22. The maximum atomic E-state index is 13.0. The summed E-state index contributed by atoms with van der Waals surface area (Å²) in [5.41, 5.74) is 1.11. The lowest BCUT2D eigenvalue weighted by Crippen LogP contribution is -2.05. The molecule has 0 bridgehead atoms. The Bertz CT molecular complexity index is 532. The number of rotatable bonds is 4. The molecule has 2 aromatic rings. The van der Waals surface area contributed by atoms with Gasteiger partial charge in [0.15, 0.2) is 0 Å². The summed E-state index contributed by atoms with van der Waals surface area (Å²) in [4.78, 5) is 0. The van der Waals surface area contributed by atoms with Crippen LogP contribution in [0.2, 0.25) is 0 Å². The molecule has 0 aliphatic rings. The monoisotopic (exact) mass is 263 g/mol. The van der Waals surface area contributed by atoms with Gasteiger partial charge in [-0.25, -0.2) is 8.78 Å². The molecular formula is C15H15F2NO. The van der Waals surface area contributed by atoms with Gasteiger partial charge in [0.25, 0.3) is 0 Å². The second-order valence-electron chi connectivity index (χ2n) is 4.47. The van der Waals surface area contributed by atoms with E-state index in [1.807, 2.05) is 13.8 Å². The van der Waals surface area contributed by atoms with Crippen molar-refractivity contribution in [2.45, 2.75) is 20.0 Å². The summed E-state index contributed by atoms with van der Waals surface area (Å²) in [7, 11) is 0. The minimum absolute atomic E-state index is 0.108. The summed E-state index contributed by atoms with van der Waals surface area (Å²) < 4.78 is 31.6. The molecule has 0 spiro atoms. The number of ether oxygens (including phenoxy) is 1. The Kier molecular flexibility index (Phi) is 4.00. The SMILES string of the molecule is CC(C)Oc1ccc(Nc2cc(F)cc(F)c2)cc1. The Morgan fingerprint density at radius 1 is 0.895 bits per heavy atom. The van der Waals surface area contributed by atoms with Gasteiger partial charge in [0, 0.05) is 17.4 Å². The first-order chi connectivity index (χ1) is 9.02. The molecule has 100 valence electrons. The van der Waals surface area contributed by atoms with Gasteiger partial charge >= 0.3 is 0 Å². The van der Waals surface area contributed by atoms with E-state index in [1.165, 1.54) is 12.1 Å². The predicted octanol–water partition coefficient (Wildman–Crippen LogP) is 4.50. The third-order valence-corrected chi connectivity index (χ3v) is 2.38. The van der Waals surface area contributed by atoms with Gasteiger partial charge in [0.05, 0.1) is 6.10 Å². The van der Waals surface area contributed by atoms with Crippen LogP contribution in [0.3, 0.4) is 0 Å². The molecular weight excluding hydrogens is 248 g/mol. The number of hydrogen-bond donors (Lipinski definition) is 1. The van der Waals surface area contributed by atoms with Crippen LogP contribution in [0.15, 0.2) is 42.5 Å². The van der Waals surface area contributed by atoms with E-state index >= 15 is 0 Å². The van der Waals surface area contributed by atoms with Crippen LogP contribution in [0.4, 0.5) is 20.2 Å². The van der Waals surface area contributed by atoms with Crippen LogP contribution < -0.4 is 10.1 Å². The summed E-state index contributed by atoms with van der Waals surface area (Å²) in [6.45, 7) is 3.89. The minimum atomic E-state index is -0.609. The Balaban J connectivity index is 2.10. The number of nitrogens with one attached hydrogen (secondary N) is 1. The molecule has 0 saturated heterocycles. The van der Waals surface area contributed by atoms with E-state index in [-0.39, 0.29) is 6.10 Å². The smallest absolute Gasteiger partial charge is 0.128 e. The average molecular weight is 263 g/mol. The largest absolute Gasteiger partial charge is 0.491 e. The molecule has 0 unspecified atom stereocenters. The summed E-state index contributed by atoms with van der Waals surface area (Å²) >= 11 is 0. The molecule has 0 amide bonds. The molecule has 0 radical (unpaired) electrons. The minimum Gasteiger partial charge on any atom is -0.491 e. The van der Waals surface area contributed by atoms with Gasteiger partial charge in [-0.05, 0) is 50.2 Å². The Labute approximate surface area is 111 Å². The fraction of sp³-hybridized carbons (Fsp3) is 0.200. The molecule has 0 atom stereocenters. The Hall–Kier alpha value is -2.10. The standard InChI is InChI=1S/C15H15F2NO/c1-10(2)19-15-5-3-13(4-6-15)18-14-8-11(16)7-12(17)9-14/h3-10,18H,1-2H3. The highest BCUT2D eigenvalue weighted by Gasteiger charge is 2.02. The average Bonchev–Trinajstić information content (AvgIpc) is 2.29. The first-order valence-electron chi connectivity index (χ1n) is 6.03. The number of benzene rings is 2.